The van der Waals surface area contributed by atoms with Crippen LogP contribution in [0.1, 0.15) is 0 Å². The summed E-state index contributed by atoms with van der Waals surface area (Å²) in [6.07, 6.45) is 0. The highest BCUT2D eigenvalue weighted by Crippen LogP contribution is 2.18. The highest BCUT2D eigenvalue weighted by molar-refractivity contribution is 8.23. The molecule has 0 aromatic heterocycles. The standard InChI is InChI=1S/C4H8N2S2/c1-5-3-8-4(7)6(5)2/h3H2,1-2H3. The molecule has 0 bridgehead atoms. The van der Waals surface area contributed by atoms with E-state index in [0.717, 1.165) is 10.2 Å². The fourth-order valence-electron chi connectivity index (χ4n) is 0.468. The zero-order valence-electron chi connectivity index (χ0n) is 4.92. The van der Waals surface area contributed by atoms with Crippen LogP contribution in [0.15, 0.2) is 0 Å². The van der Waals surface area contributed by atoms with Crippen molar-refractivity contribution in [1.29, 1.82) is 0 Å². The van der Waals surface area contributed by atoms with Gasteiger partial charge in [-0.25, -0.2) is 5.01 Å². The van der Waals surface area contributed by atoms with Gasteiger partial charge in [0.05, 0.1) is 5.88 Å². The Bertz CT molecular complexity index is 115. The SMILES string of the molecule is CN1CSC(=S)N1C. The molecule has 0 amide bonds. The first-order chi connectivity index (χ1) is 3.72. The Morgan fingerprint density at radius 3 is 2.38 bits per heavy atom. The first kappa shape index (κ1) is 6.32. The molecule has 1 aliphatic heterocycles. The van der Waals surface area contributed by atoms with Gasteiger partial charge in [-0.2, -0.15) is 0 Å². The maximum absolute atomic E-state index is 4.97. The van der Waals surface area contributed by atoms with Gasteiger partial charge in [-0.3, -0.25) is 5.01 Å². The van der Waals surface area contributed by atoms with E-state index in [1.165, 1.54) is 0 Å². The van der Waals surface area contributed by atoms with Crippen molar-refractivity contribution >= 4 is 28.3 Å². The van der Waals surface area contributed by atoms with Crippen LogP contribution in [-0.4, -0.2) is 34.3 Å². The molecule has 1 fully saturated rings. The second-order valence-corrected chi connectivity index (χ2v) is 3.30. The molecule has 8 heavy (non-hydrogen) atoms. The minimum absolute atomic E-state index is 0.965. The van der Waals surface area contributed by atoms with Gasteiger partial charge in [0.25, 0.3) is 0 Å². The number of hydrogen-bond acceptors (Lipinski definition) is 3. The third-order valence-corrected chi connectivity index (χ3v) is 2.78. The van der Waals surface area contributed by atoms with Crippen LogP contribution < -0.4 is 0 Å². The van der Waals surface area contributed by atoms with Gasteiger partial charge in [-0.1, -0.05) is 24.0 Å². The van der Waals surface area contributed by atoms with E-state index < -0.39 is 0 Å². The summed E-state index contributed by atoms with van der Waals surface area (Å²) >= 11 is 6.66. The molecule has 0 aliphatic carbocycles. The summed E-state index contributed by atoms with van der Waals surface area (Å²) in [7, 11) is 3.99. The monoisotopic (exact) mass is 148 g/mol. The van der Waals surface area contributed by atoms with Gasteiger partial charge < -0.3 is 0 Å². The van der Waals surface area contributed by atoms with Gasteiger partial charge in [0.15, 0.2) is 4.32 Å². The molecule has 46 valence electrons. The molecule has 0 aromatic carbocycles. The molecule has 1 heterocycles. The molecule has 0 radical (unpaired) electrons. The lowest BCUT2D eigenvalue weighted by Crippen LogP contribution is -2.30. The van der Waals surface area contributed by atoms with Crippen molar-refractivity contribution in [2.45, 2.75) is 0 Å². The Morgan fingerprint density at radius 2 is 2.25 bits per heavy atom. The summed E-state index contributed by atoms with van der Waals surface area (Å²) in [5.41, 5.74) is 0. The maximum Gasteiger partial charge on any atom is 0.151 e. The van der Waals surface area contributed by atoms with Gasteiger partial charge >= 0.3 is 0 Å². The minimum atomic E-state index is 0.965. The lowest BCUT2D eigenvalue weighted by Gasteiger charge is -2.17. The molecular formula is C4H8N2S2. The average Bonchev–Trinajstić information content (AvgIpc) is 1.98. The van der Waals surface area contributed by atoms with Gasteiger partial charge in [-0.15, -0.1) is 0 Å². The third kappa shape index (κ3) is 0.962. The highest BCUT2D eigenvalue weighted by atomic mass is 32.2. The molecule has 0 aromatic rings. The first-order valence-electron chi connectivity index (χ1n) is 2.33. The predicted octanol–water partition coefficient (Wildman–Crippen LogP) is 0.754. The number of hydrazine groups is 1. The summed E-state index contributed by atoms with van der Waals surface area (Å²) in [6, 6.07) is 0. The molecule has 1 saturated heterocycles. The Balaban J connectivity index is 2.56. The van der Waals surface area contributed by atoms with E-state index in [1.807, 2.05) is 19.1 Å². The van der Waals surface area contributed by atoms with Crippen LogP contribution in [-0.2, 0) is 0 Å². The second-order valence-electron chi connectivity index (χ2n) is 1.72. The van der Waals surface area contributed by atoms with Gasteiger partial charge in [-0.05, 0) is 0 Å². The van der Waals surface area contributed by atoms with Crippen LogP contribution in [0.4, 0.5) is 0 Å². The second kappa shape index (κ2) is 2.21. The Kier molecular flexibility index (Phi) is 1.74. The number of thiocarbonyl (C=S) groups is 1. The normalized spacial score (nSPS) is 22.8. The lowest BCUT2D eigenvalue weighted by atomic mass is 11.0. The summed E-state index contributed by atoms with van der Waals surface area (Å²) in [6.45, 7) is 0. The predicted molar refractivity (Wildman–Crippen MR) is 40.6 cm³/mol. The first-order valence-corrected chi connectivity index (χ1v) is 3.73. The molecule has 0 N–H and O–H groups in total. The van der Waals surface area contributed by atoms with Crippen molar-refractivity contribution in [3.05, 3.63) is 0 Å². The van der Waals surface area contributed by atoms with Crippen molar-refractivity contribution in [2.24, 2.45) is 0 Å². The maximum atomic E-state index is 4.97. The summed E-state index contributed by atoms with van der Waals surface area (Å²) < 4.78 is 0.965. The summed E-state index contributed by atoms with van der Waals surface area (Å²) in [5.74, 6) is 0.995. The zero-order valence-corrected chi connectivity index (χ0v) is 6.55. The van der Waals surface area contributed by atoms with Crippen LogP contribution in [0.5, 0.6) is 0 Å². The molecule has 2 nitrogen and oxygen atoms in total. The van der Waals surface area contributed by atoms with Crippen LogP contribution in [0, 0.1) is 0 Å². The fourth-order valence-corrected chi connectivity index (χ4v) is 1.56. The smallest absolute Gasteiger partial charge is 0.151 e. The summed E-state index contributed by atoms with van der Waals surface area (Å²) in [4.78, 5) is 0. The van der Waals surface area contributed by atoms with E-state index in [0.29, 0.717) is 0 Å². The Labute approximate surface area is 58.8 Å². The Hall–Kier alpha value is 0.200. The lowest BCUT2D eigenvalue weighted by molar-refractivity contribution is 0.152. The fraction of sp³-hybridized carbons (Fsp3) is 0.750. The highest BCUT2D eigenvalue weighted by Gasteiger charge is 2.17. The zero-order chi connectivity index (χ0) is 6.15. The van der Waals surface area contributed by atoms with Crippen LogP contribution >= 0.6 is 24.0 Å². The van der Waals surface area contributed by atoms with E-state index in [4.69, 9.17) is 12.2 Å². The van der Waals surface area contributed by atoms with E-state index in [2.05, 4.69) is 5.01 Å². The molecule has 1 rings (SSSR count). The van der Waals surface area contributed by atoms with E-state index >= 15 is 0 Å². The molecule has 0 atom stereocenters. The van der Waals surface area contributed by atoms with E-state index in [9.17, 15) is 0 Å². The van der Waals surface area contributed by atoms with Crippen molar-refractivity contribution < 1.29 is 0 Å². The topological polar surface area (TPSA) is 6.48 Å². The van der Waals surface area contributed by atoms with E-state index in [1.54, 1.807) is 11.8 Å². The van der Waals surface area contributed by atoms with Crippen molar-refractivity contribution in [3.63, 3.8) is 0 Å². The van der Waals surface area contributed by atoms with Crippen molar-refractivity contribution in [3.8, 4) is 0 Å². The molecule has 4 heteroatoms. The Morgan fingerprint density at radius 1 is 1.62 bits per heavy atom. The average molecular weight is 148 g/mol. The molecule has 0 saturated carbocycles. The quantitative estimate of drug-likeness (QED) is 0.468. The molecule has 0 unspecified atom stereocenters. The van der Waals surface area contributed by atoms with Gasteiger partial charge in [0, 0.05) is 14.1 Å². The van der Waals surface area contributed by atoms with Crippen LogP contribution in [0.3, 0.4) is 0 Å². The molecule has 1 aliphatic rings. The number of rotatable bonds is 0. The number of thioether (sulfide) groups is 1. The van der Waals surface area contributed by atoms with Crippen LogP contribution in [0.2, 0.25) is 0 Å². The van der Waals surface area contributed by atoms with Gasteiger partial charge in [0.1, 0.15) is 0 Å². The van der Waals surface area contributed by atoms with Crippen molar-refractivity contribution in [2.75, 3.05) is 20.0 Å². The number of hydrogen-bond donors (Lipinski definition) is 0. The minimum Gasteiger partial charge on any atom is -0.293 e. The van der Waals surface area contributed by atoms with Crippen molar-refractivity contribution in [1.82, 2.24) is 10.0 Å². The molecular weight excluding hydrogens is 140 g/mol. The van der Waals surface area contributed by atoms with E-state index in [-0.39, 0.29) is 0 Å². The molecule has 0 spiro atoms. The largest absolute Gasteiger partial charge is 0.293 e. The van der Waals surface area contributed by atoms with Gasteiger partial charge in [0.2, 0.25) is 0 Å². The third-order valence-electron chi connectivity index (χ3n) is 1.15. The number of nitrogens with zero attached hydrogens (tertiary/aromatic N) is 2. The summed E-state index contributed by atoms with van der Waals surface area (Å²) in [5, 5.41) is 4.05. The van der Waals surface area contributed by atoms with Crippen LogP contribution in [0.25, 0.3) is 0 Å².